The first-order chi connectivity index (χ1) is 66.0. The van der Waals surface area contributed by atoms with E-state index in [2.05, 4.69) is 264 Å². The van der Waals surface area contributed by atoms with Gasteiger partial charge in [-0.05, 0) is 274 Å². The lowest BCUT2D eigenvalue weighted by Gasteiger charge is -2.15. The Kier molecular flexibility index (Phi) is 42.4. The van der Waals surface area contributed by atoms with Crippen LogP contribution in [0, 0.1) is 52.2 Å². The van der Waals surface area contributed by atoms with Crippen molar-refractivity contribution in [3.8, 4) is 0 Å². The first-order valence-corrected chi connectivity index (χ1v) is 51.3. The molecule has 0 amide bonds. The number of nitrogen functional groups attached to an aromatic ring is 7. The maximum Gasteiger partial charge on any atom is 0.192 e. The van der Waals surface area contributed by atoms with E-state index < -0.39 is 9.84 Å². The van der Waals surface area contributed by atoms with E-state index >= 15 is 0 Å². The number of thioether (sulfide) groups is 1. The standard InChI is InChI=1S/C17H22N4.C16H20N4.C15H20N4O2S.C15H20N4S.C14H17BrN4.C14H17ClN4.C14H17IN4/c1-10(2)15-9-20-16(11(3)4)7-13(15)6-14-8-19-12(5)21-17(14)18;1-5-14-7-12(15(9-19-14)10(2)3)6-13-8-18-11(4)20-16(13)17;1-9(2)13-8-18-14(22(4,20)21)6-11(13)5-12-7-17-10(3)19-15(12)16;1-9(2)13-8-18-14(20-4)6-11(13)5-12-7-17-10(3)19-15(12)16;3*1-8(2)12-7-18-13(15)5-10(12)4-11-6-17-9(3)19-14(11)16/h7-10H,3,6H2,1-2,4-5H3,(H2,18,19,21);5,7-10H,1,6H2,2-4H3,(H2,17,18,20);6-9H,5H2,1-4H3,(H2,16,17,19);6-9H,5H2,1-4H3,(H2,16,17,19);3*5-8H,4H2,1-3H3,(H2,16,17,19). The smallest absolute Gasteiger partial charge is 0.192 e. The molecule has 14 heterocycles. The molecule has 0 aliphatic carbocycles. The van der Waals surface area contributed by atoms with Gasteiger partial charge in [0, 0.05) is 177 Å². The van der Waals surface area contributed by atoms with E-state index in [1.165, 1.54) is 61.2 Å². The van der Waals surface area contributed by atoms with Crippen LogP contribution in [0.15, 0.2) is 157 Å². The number of hydrogen-bond acceptors (Lipinski definition) is 31. The minimum atomic E-state index is -3.35. The van der Waals surface area contributed by atoms with Crippen molar-refractivity contribution in [3.63, 3.8) is 0 Å². The summed E-state index contributed by atoms with van der Waals surface area (Å²) in [5.74, 6) is 11.2. The summed E-state index contributed by atoms with van der Waals surface area (Å²) in [7, 11) is -3.35. The lowest BCUT2D eigenvalue weighted by molar-refractivity contribution is 0.597. The highest BCUT2D eigenvalue weighted by molar-refractivity contribution is 14.1. The van der Waals surface area contributed by atoms with Crippen LogP contribution in [0.5, 0.6) is 0 Å². The van der Waals surface area contributed by atoms with Crippen LogP contribution in [0.25, 0.3) is 11.6 Å². The molecule has 0 bridgehead atoms. The van der Waals surface area contributed by atoms with Gasteiger partial charge in [0.25, 0.3) is 0 Å². The number of aryl methyl sites for hydroxylation is 7. The Bertz CT molecular complexity index is 6510. The quantitative estimate of drug-likeness (QED) is 0.0159. The van der Waals surface area contributed by atoms with Gasteiger partial charge < -0.3 is 40.1 Å². The molecule has 0 fully saturated rings. The summed E-state index contributed by atoms with van der Waals surface area (Å²) in [4.78, 5) is 89.1. The van der Waals surface area contributed by atoms with Crippen LogP contribution in [0.1, 0.15) is 314 Å². The first kappa shape index (κ1) is 113. The zero-order valence-electron chi connectivity index (χ0n) is 84.8. The van der Waals surface area contributed by atoms with E-state index in [1.807, 2.05) is 136 Å². The minimum absolute atomic E-state index is 0.0681. The molecule has 0 saturated carbocycles. The van der Waals surface area contributed by atoms with Crippen LogP contribution < -0.4 is 40.1 Å². The summed E-state index contributed by atoms with van der Waals surface area (Å²) in [5.41, 5.74) is 67.4. The highest BCUT2D eigenvalue weighted by atomic mass is 127. The summed E-state index contributed by atoms with van der Waals surface area (Å²) in [6.07, 6.45) is 35.4. The van der Waals surface area contributed by atoms with Crippen LogP contribution in [0.3, 0.4) is 0 Å². The molecule has 14 N–H and O–H groups in total. The van der Waals surface area contributed by atoms with Gasteiger partial charge in [-0.3, -0.25) is 15.0 Å². The number of pyridine rings is 7. The lowest BCUT2D eigenvalue weighted by Crippen LogP contribution is -2.08. The van der Waals surface area contributed by atoms with Gasteiger partial charge in [-0.2, -0.15) is 0 Å². The van der Waals surface area contributed by atoms with E-state index in [4.69, 9.17) is 51.7 Å². The molecule has 0 spiro atoms. The van der Waals surface area contributed by atoms with Crippen LogP contribution in [-0.2, 0) is 54.8 Å². The second-order valence-electron chi connectivity index (χ2n) is 36.2. The molecular formula is C105H133BrClIN28O2S2. The Balaban J connectivity index is 0.000000200. The average Bonchev–Trinajstić information content (AvgIpc) is 0.711. The van der Waals surface area contributed by atoms with E-state index in [0.717, 1.165) is 111 Å². The van der Waals surface area contributed by atoms with Gasteiger partial charge in [0.05, 0.1) is 16.4 Å². The van der Waals surface area contributed by atoms with Gasteiger partial charge in [-0.25, -0.2) is 98.1 Å². The Morgan fingerprint density at radius 3 is 0.907 bits per heavy atom. The first-order valence-electron chi connectivity index (χ1n) is 46.0. The zero-order chi connectivity index (χ0) is 103. The number of nitrogens with two attached hydrogens (primary N) is 7. The van der Waals surface area contributed by atoms with Crippen LogP contribution in [0.2, 0.25) is 5.15 Å². The lowest BCUT2D eigenvalue weighted by atomic mass is 9.94. The van der Waals surface area contributed by atoms with Crippen molar-refractivity contribution in [2.24, 2.45) is 0 Å². The molecule has 35 heteroatoms. The largest absolute Gasteiger partial charge is 0.383 e. The van der Waals surface area contributed by atoms with Crippen molar-refractivity contribution in [2.45, 2.75) is 249 Å². The summed E-state index contributed by atoms with van der Waals surface area (Å²) < 4.78 is 25.3. The molecule has 0 atom stereocenters. The van der Waals surface area contributed by atoms with Crippen LogP contribution in [-0.4, -0.2) is 126 Å². The van der Waals surface area contributed by atoms with Gasteiger partial charge in [0.1, 0.15) is 95.0 Å². The Labute approximate surface area is 856 Å². The number of halogens is 3. The molecule has 0 radical (unpaired) electrons. The summed E-state index contributed by atoms with van der Waals surface area (Å²) in [6.45, 7) is 52.5. The molecule has 14 aromatic heterocycles. The van der Waals surface area contributed by atoms with Gasteiger partial charge >= 0.3 is 0 Å². The molecule has 0 aliphatic heterocycles. The monoisotopic (exact) mass is 2120 g/mol. The maximum atomic E-state index is 11.7. The fourth-order valence-electron chi connectivity index (χ4n) is 14.8. The topological polar surface area (TPSA) is 487 Å². The van der Waals surface area contributed by atoms with Crippen molar-refractivity contribution in [2.75, 3.05) is 52.6 Å². The normalized spacial score (nSPS) is 11.1. The number of hydrogen-bond donors (Lipinski definition) is 7. The number of allylic oxidation sites excluding steroid dienone is 1. The SMILES string of the molecule is C=C(C)c1cc(Cc2cnc(C)nc2N)c(C(C)C)cn1.C=Cc1cc(Cc2cnc(C)nc2N)c(C(C)C)cn1.CSc1cc(Cc2cnc(C)nc2N)c(C(C)C)cn1.Cc1ncc(Cc2cc(Br)ncc2C(C)C)c(N)n1.Cc1ncc(Cc2cc(Cl)ncc2C(C)C)c(N)n1.Cc1ncc(Cc2cc(I)ncc2C(C)C)c(N)n1.Cc1ncc(Cc2cc(S(C)(=O)=O)ncc2C(C)C)c(N)n1. The van der Waals surface area contributed by atoms with Gasteiger partial charge in [0.15, 0.2) is 14.9 Å². The third-order valence-corrected chi connectivity index (χ3v) is 25.3. The summed E-state index contributed by atoms with van der Waals surface area (Å²) in [5, 5.41) is 1.58. The molecular weight excluding hydrogens is 1990 g/mol. The van der Waals surface area contributed by atoms with Gasteiger partial charge in [0.2, 0.25) is 0 Å². The van der Waals surface area contributed by atoms with Crippen molar-refractivity contribution in [1.82, 2.24) is 105 Å². The Morgan fingerprint density at radius 2 is 0.607 bits per heavy atom. The number of nitrogens with zero attached hydrogens (tertiary/aromatic N) is 21. The van der Waals surface area contributed by atoms with Crippen molar-refractivity contribution in [3.05, 3.63) is 325 Å². The Hall–Kier alpha value is -12.5. The number of rotatable bonds is 25. The number of anilines is 7. The van der Waals surface area contributed by atoms with E-state index in [-0.39, 0.29) is 10.9 Å². The molecule has 0 aliphatic rings. The van der Waals surface area contributed by atoms with Crippen LogP contribution >= 0.6 is 61.9 Å². The van der Waals surface area contributed by atoms with Gasteiger partial charge in [-0.15, -0.1) is 11.8 Å². The highest BCUT2D eigenvalue weighted by Gasteiger charge is 2.22. The van der Waals surface area contributed by atoms with Crippen molar-refractivity contribution < 1.29 is 8.42 Å². The second kappa shape index (κ2) is 52.7. The molecule has 0 aromatic carbocycles. The number of aromatic nitrogens is 21. The minimum Gasteiger partial charge on any atom is -0.383 e. The molecule has 14 aromatic rings. The average molecular weight is 2130 g/mol. The summed E-state index contributed by atoms with van der Waals surface area (Å²) >= 11 is 13.3. The fraction of sp³-hybridized carbons (Fsp3) is 0.362. The summed E-state index contributed by atoms with van der Waals surface area (Å²) in [6, 6.07) is 13.9. The highest BCUT2D eigenvalue weighted by Crippen LogP contribution is 2.34. The van der Waals surface area contributed by atoms with Gasteiger partial charge in [-0.1, -0.05) is 122 Å². The molecule has 30 nitrogen and oxygen atoms in total. The molecule has 140 heavy (non-hydrogen) atoms. The third kappa shape index (κ3) is 33.9. The van der Waals surface area contributed by atoms with Crippen molar-refractivity contribution in [1.29, 1.82) is 0 Å². The number of sulfone groups is 1. The third-order valence-electron chi connectivity index (χ3n) is 22.4. The molecule has 14 rings (SSSR count). The predicted molar refractivity (Wildman–Crippen MR) is 581 cm³/mol. The molecule has 0 unspecified atom stereocenters. The predicted octanol–water partition coefficient (Wildman–Crippen LogP) is 21.2. The molecule has 738 valence electrons. The second-order valence-corrected chi connectivity index (χ2v) is 41.3. The zero-order valence-corrected chi connectivity index (χ0v) is 90.9. The Morgan fingerprint density at radius 1 is 0.350 bits per heavy atom. The van der Waals surface area contributed by atoms with Crippen molar-refractivity contribution >= 4 is 124 Å². The van der Waals surface area contributed by atoms with E-state index in [1.54, 1.807) is 61.8 Å². The fourth-order valence-corrected chi connectivity index (χ4v) is 16.9. The van der Waals surface area contributed by atoms with E-state index in [9.17, 15) is 8.42 Å². The maximum absolute atomic E-state index is 11.7. The van der Waals surface area contributed by atoms with E-state index in [0.29, 0.717) is 148 Å². The molecule has 0 saturated heterocycles. The van der Waals surface area contributed by atoms with Crippen LogP contribution in [0.4, 0.5) is 40.7 Å².